The second-order valence-corrected chi connectivity index (χ2v) is 7.15. The van der Waals surface area contributed by atoms with Crippen molar-refractivity contribution >= 4 is 17.5 Å². The topological polar surface area (TPSA) is 70.2 Å². The molecule has 0 unspecified atom stereocenters. The van der Waals surface area contributed by atoms with Crippen LogP contribution in [0.2, 0.25) is 0 Å². The minimum atomic E-state index is 0.0625. The Balaban J connectivity index is 1.70. The number of nitrogens with zero attached hydrogens (tertiary/aromatic N) is 3. The van der Waals surface area contributed by atoms with Crippen LogP contribution in [-0.4, -0.2) is 33.4 Å². The lowest BCUT2D eigenvalue weighted by Gasteiger charge is -2.07. The Labute approximate surface area is 162 Å². The number of para-hydroxylation sites is 1. The van der Waals surface area contributed by atoms with Crippen molar-refractivity contribution in [2.75, 3.05) is 12.9 Å². The summed E-state index contributed by atoms with van der Waals surface area (Å²) in [4.78, 5) is 12.6. The molecule has 0 saturated heterocycles. The average Bonchev–Trinajstić information content (AvgIpc) is 3.26. The lowest BCUT2D eigenvalue weighted by atomic mass is 10.2. The third kappa shape index (κ3) is 4.08. The van der Waals surface area contributed by atoms with Crippen molar-refractivity contribution in [2.45, 2.75) is 39.0 Å². The number of rotatable bonds is 8. The van der Waals surface area contributed by atoms with E-state index in [0.29, 0.717) is 16.9 Å². The van der Waals surface area contributed by atoms with Crippen molar-refractivity contribution in [3.05, 3.63) is 47.3 Å². The van der Waals surface area contributed by atoms with Crippen LogP contribution >= 0.6 is 11.8 Å². The molecule has 0 amide bonds. The van der Waals surface area contributed by atoms with Crippen molar-refractivity contribution in [3.63, 3.8) is 0 Å². The summed E-state index contributed by atoms with van der Waals surface area (Å²) in [6.07, 6.45) is 1.03. The largest absolute Gasteiger partial charge is 0.496 e. The van der Waals surface area contributed by atoms with E-state index >= 15 is 0 Å². The van der Waals surface area contributed by atoms with Gasteiger partial charge in [0.2, 0.25) is 0 Å². The number of ether oxygens (including phenoxy) is 1. The Morgan fingerprint density at radius 2 is 2.04 bits per heavy atom. The first-order valence-electron chi connectivity index (χ1n) is 8.84. The molecule has 142 valence electrons. The SMILES string of the molecule is CCCn1c(C)cc(C(=O)CSc2nnc(-c3ccccc3OC)o2)c1C. The molecule has 0 N–H and O–H groups in total. The van der Waals surface area contributed by atoms with Gasteiger partial charge >= 0.3 is 0 Å². The summed E-state index contributed by atoms with van der Waals surface area (Å²) in [5.74, 6) is 1.36. The van der Waals surface area contributed by atoms with Crippen molar-refractivity contribution in [3.8, 4) is 17.2 Å². The minimum absolute atomic E-state index is 0.0625. The van der Waals surface area contributed by atoms with E-state index in [2.05, 4.69) is 21.7 Å². The van der Waals surface area contributed by atoms with Gasteiger partial charge in [0, 0.05) is 23.5 Å². The molecule has 7 heteroatoms. The lowest BCUT2D eigenvalue weighted by Crippen LogP contribution is -2.06. The number of aryl methyl sites for hydroxylation is 1. The van der Waals surface area contributed by atoms with Crippen LogP contribution in [0.3, 0.4) is 0 Å². The number of carbonyl (C=O) groups excluding carboxylic acids is 1. The van der Waals surface area contributed by atoms with Crippen LogP contribution in [0.5, 0.6) is 5.75 Å². The number of methoxy groups -OCH3 is 1. The Bertz CT molecular complexity index is 946. The molecule has 0 radical (unpaired) electrons. The normalized spacial score (nSPS) is 11.0. The zero-order valence-corrected chi connectivity index (χ0v) is 16.8. The summed E-state index contributed by atoms with van der Waals surface area (Å²) >= 11 is 1.25. The molecule has 6 nitrogen and oxygen atoms in total. The van der Waals surface area contributed by atoms with Crippen molar-refractivity contribution in [1.29, 1.82) is 0 Å². The van der Waals surface area contributed by atoms with Crippen molar-refractivity contribution in [1.82, 2.24) is 14.8 Å². The monoisotopic (exact) mass is 385 g/mol. The van der Waals surface area contributed by atoms with Gasteiger partial charge in [-0.3, -0.25) is 4.79 Å². The fourth-order valence-corrected chi connectivity index (χ4v) is 3.70. The number of Topliss-reactive ketones (excluding diaryl/α,β-unsaturated/α-hetero) is 1. The molecule has 0 fully saturated rings. The second-order valence-electron chi connectivity index (χ2n) is 6.22. The highest BCUT2D eigenvalue weighted by Gasteiger charge is 2.18. The zero-order valence-electron chi connectivity index (χ0n) is 16.0. The van der Waals surface area contributed by atoms with Crippen LogP contribution in [-0.2, 0) is 6.54 Å². The molecule has 1 aromatic carbocycles. The van der Waals surface area contributed by atoms with Gasteiger partial charge in [0.25, 0.3) is 11.1 Å². The quantitative estimate of drug-likeness (QED) is 0.418. The summed E-state index contributed by atoms with van der Waals surface area (Å²) in [6, 6.07) is 9.41. The lowest BCUT2D eigenvalue weighted by molar-refractivity contribution is 0.102. The Morgan fingerprint density at radius 1 is 1.26 bits per heavy atom. The van der Waals surface area contributed by atoms with E-state index in [1.54, 1.807) is 7.11 Å². The van der Waals surface area contributed by atoms with E-state index in [-0.39, 0.29) is 11.5 Å². The van der Waals surface area contributed by atoms with Crippen LogP contribution in [0.25, 0.3) is 11.5 Å². The predicted octanol–water partition coefficient (Wildman–Crippen LogP) is 4.55. The predicted molar refractivity (Wildman–Crippen MR) is 106 cm³/mol. The maximum Gasteiger partial charge on any atom is 0.277 e. The average molecular weight is 385 g/mol. The van der Waals surface area contributed by atoms with Crippen LogP contribution in [0, 0.1) is 13.8 Å². The smallest absolute Gasteiger partial charge is 0.277 e. The molecule has 2 aromatic heterocycles. The van der Waals surface area contributed by atoms with Gasteiger partial charge < -0.3 is 13.7 Å². The molecule has 2 heterocycles. The van der Waals surface area contributed by atoms with Crippen LogP contribution < -0.4 is 4.74 Å². The number of carbonyl (C=O) groups is 1. The molecular weight excluding hydrogens is 362 g/mol. The molecular formula is C20H23N3O3S. The van der Waals surface area contributed by atoms with Crippen LogP contribution in [0.15, 0.2) is 40.0 Å². The summed E-state index contributed by atoms with van der Waals surface area (Å²) in [5, 5.41) is 8.48. The van der Waals surface area contributed by atoms with Gasteiger partial charge in [0.05, 0.1) is 18.4 Å². The zero-order chi connectivity index (χ0) is 19.4. The maximum atomic E-state index is 12.6. The number of hydrogen-bond acceptors (Lipinski definition) is 6. The van der Waals surface area contributed by atoms with Crippen LogP contribution in [0.4, 0.5) is 0 Å². The van der Waals surface area contributed by atoms with Crippen molar-refractivity contribution in [2.24, 2.45) is 0 Å². The fraction of sp³-hybridized carbons (Fsp3) is 0.350. The summed E-state index contributed by atoms with van der Waals surface area (Å²) in [6.45, 7) is 7.08. The van der Waals surface area contributed by atoms with Gasteiger partial charge in [-0.25, -0.2) is 0 Å². The number of ketones is 1. The Hall–Kier alpha value is -2.54. The highest BCUT2D eigenvalue weighted by atomic mass is 32.2. The molecule has 0 saturated carbocycles. The van der Waals surface area contributed by atoms with Gasteiger partial charge in [0.1, 0.15) is 5.75 Å². The third-order valence-electron chi connectivity index (χ3n) is 4.39. The van der Waals surface area contributed by atoms with Gasteiger partial charge in [-0.1, -0.05) is 30.8 Å². The first-order chi connectivity index (χ1) is 13.0. The molecule has 27 heavy (non-hydrogen) atoms. The standard InChI is InChI=1S/C20H23N3O3S/c1-5-10-23-13(2)11-16(14(23)3)17(24)12-27-20-22-21-19(26-20)15-8-6-7-9-18(15)25-4/h6-9,11H,5,10,12H2,1-4H3. The second kappa shape index (κ2) is 8.43. The molecule has 3 aromatic rings. The molecule has 0 aliphatic heterocycles. The number of benzene rings is 1. The number of aromatic nitrogens is 3. The summed E-state index contributed by atoms with van der Waals surface area (Å²) in [5.41, 5.74) is 3.62. The molecule has 0 bridgehead atoms. The number of hydrogen-bond donors (Lipinski definition) is 0. The van der Waals surface area contributed by atoms with E-state index in [4.69, 9.17) is 9.15 Å². The molecule has 0 atom stereocenters. The summed E-state index contributed by atoms with van der Waals surface area (Å²) in [7, 11) is 1.60. The van der Waals surface area contributed by atoms with E-state index in [9.17, 15) is 4.79 Å². The molecule has 3 rings (SSSR count). The van der Waals surface area contributed by atoms with E-state index in [0.717, 1.165) is 35.5 Å². The maximum absolute atomic E-state index is 12.6. The Kier molecular flexibility index (Phi) is 6.01. The third-order valence-corrected chi connectivity index (χ3v) is 5.21. The molecule has 0 aliphatic carbocycles. The van der Waals surface area contributed by atoms with E-state index in [1.807, 2.05) is 44.2 Å². The molecule has 0 aliphatic rings. The van der Waals surface area contributed by atoms with Gasteiger partial charge in [-0.15, -0.1) is 10.2 Å². The first kappa shape index (κ1) is 19.2. The minimum Gasteiger partial charge on any atom is -0.496 e. The number of thioether (sulfide) groups is 1. The van der Waals surface area contributed by atoms with Gasteiger partial charge in [-0.05, 0) is 38.5 Å². The highest BCUT2D eigenvalue weighted by molar-refractivity contribution is 7.99. The fourth-order valence-electron chi connectivity index (χ4n) is 3.05. The summed E-state index contributed by atoms with van der Waals surface area (Å²) < 4.78 is 13.2. The molecule has 0 spiro atoms. The first-order valence-corrected chi connectivity index (χ1v) is 9.83. The van der Waals surface area contributed by atoms with Crippen LogP contribution in [0.1, 0.15) is 35.1 Å². The van der Waals surface area contributed by atoms with Gasteiger partial charge in [0.15, 0.2) is 5.78 Å². The van der Waals surface area contributed by atoms with E-state index in [1.165, 1.54) is 11.8 Å². The van der Waals surface area contributed by atoms with Crippen molar-refractivity contribution < 1.29 is 13.9 Å². The highest BCUT2D eigenvalue weighted by Crippen LogP contribution is 2.30. The Morgan fingerprint density at radius 3 is 2.78 bits per heavy atom. The van der Waals surface area contributed by atoms with E-state index < -0.39 is 0 Å². The van der Waals surface area contributed by atoms with Gasteiger partial charge in [-0.2, -0.15) is 0 Å².